The molecule has 0 atom stereocenters. The first-order valence-electron chi connectivity index (χ1n) is 5.60. The Balaban J connectivity index is 1.78. The number of halogens is 2. The molecule has 0 aromatic carbocycles. The Morgan fingerprint density at radius 1 is 1.39 bits per heavy atom. The second kappa shape index (κ2) is 5.07. The topological polar surface area (TPSA) is 63.8 Å². The van der Waals surface area contributed by atoms with Crippen LogP contribution in [0.2, 0.25) is 0 Å². The van der Waals surface area contributed by atoms with Gasteiger partial charge in [-0.15, -0.1) is 0 Å². The number of hydrogen-bond donors (Lipinski definition) is 1. The van der Waals surface area contributed by atoms with E-state index >= 15 is 0 Å². The van der Waals surface area contributed by atoms with Crippen LogP contribution >= 0.6 is 31.9 Å². The maximum atomic E-state index is 5.19. The van der Waals surface area contributed by atoms with E-state index in [0.29, 0.717) is 30.0 Å². The summed E-state index contributed by atoms with van der Waals surface area (Å²) in [5, 5.41) is 7.27. The highest BCUT2D eigenvalue weighted by atomic mass is 79.9. The Bertz CT molecular complexity index is 568. The average Bonchev–Trinajstić information content (AvgIpc) is 3.05. The lowest BCUT2D eigenvalue weighted by atomic mass is 10.3. The number of pyridine rings is 1. The van der Waals surface area contributed by atoms with Gasteiger partial charge in [0.05, 0.1) is 6.54 Å². The lowest BCUT2D eigenvalue weighted by Gasteiger charge is -1.98. The first-order chi connectivity index (χ1) is 8.72. The Labute approximate surface area is 121 Å². The van der Waals surface area contributed by atoms with Crippen LogP contribution in [0.1, 0.15) is 18.7 Å². The summed E-state index contributed by atoms with van der Waals surface area (Å²) in [6.45, 7) is 0.617. The van der Waals surface area contributed by atoms with E-state index in [0.717, 1.165) is 8.95 Å². The van der Waals surface area contributed by atoms with Gasteiger partial charge in [-0.2, -0.15) is 4.98 Å². The standard InChI is InChI=1S/C11H10Br2N4O/c12-6-3-8(13)10(15-4-6)11-16-9(18-17-11)5-14-7-1-2-7/h3-4,7,14H,1-2,5H2. The van der Waals surface area contributed by atoms with Gasteiger partial charge in [0.25, 0.3) is 0 Å². The van der Waals surface area contributed by atoms with Crippen molar-refractivity contribution in [2.24, 2.45) is 0 Å². The molecule has 2 heterocycles. The number of nitrogens with one attached hydrogen (secondary N) is 1. The second-order valence-electron chi connectivity index (χ2n) is 4.15. The van der Waals surface area contributed by atoms with Gasteiger partial charge in [-0.1, -0.05) is 5.16 Å². The molecule has 1 aliphatic rings. The summed E-state index contributed by atoms with van der Waals surface area (Å²) in [6, 6.07) is 2.53. The zero-order valence-corrected chi connectivity index (χ0v) is 12.5. The summed E-state index contributed by atoms with van der Waals surface area (Å²) in [5.41, 5.74) is 0.680. The molecule has 18 heavy (non-hydrogen) atoms. The van der Waals surface area contributed by atoms with Gasteiger partial charge in [-0.3, -0.25) is 4.98 Å². The molecule has 0 radical (unpaired) electrons. The van der Waals surface area contributed by atoms with Crippen molar-refractivity contribution in [1.82, 2.24) is 20.4 Å². The highest BCUT2D eigenvalue weighted by Crippen LogP contribution is 2.26. The predicted octanol–water partition coefficient (Wildman–Crippen LogP) is 2.91. The van der Waals surface area contributed by atoms with Crippen molar-refractivity contribution in [3.8, 4) is 11.5 Å². The van der Waals surface area contributed by atoms with Crippen molar-refractivity contribution >= 4 is 31.9 Å². The van der Waals surface area contributed by atoms with Crippen molar-refractivity contribution in [3.05, 3.63) is 27.1 Å². The van der Waals surface area contributed by atoms with Gasteiger partial charge in [0, 0.05) is 21.2 Å². The summed E-state index contributed by atoms with van der Waals surface area (Å²) in [6.07, 6.45) is 4.18. The fraction of sp³-hybridized carbons (Fsp3) is 0.364. The first-order valence-corrected chi connectivity index (χ1v) is 7.18. The van der Waals surface area contributed by atoms with Gasteiger partial charge < -0.3 is 9.84 Å². The fourth-order valence-corrected chi connectivity index (χ4v) is 2.69. The van der Waals surface area contributed by atoms with Gasteiger partial charge in [0.1, 0.15) is 5.69 Å². The molecule has 1 saturated carbocycles. The molecule has 2 aromatic rings. The highest BCUT2D eigenvalue weighted by molar-refractivity contribution is 9.11. The lowest BCUT2D eigenvalue weighted by Crippen LogP contribution is -2.15. The summed E-state index contributed by atoms with van der Waals surface area (Å²) in [7, 11) is 0. The van der Waals surface area contributed by atoms with Crippen molar-refractivity contribution in [3.63, 3.8) is 0 Å². The lowest BCUT2D eigenvalue weighted by molar-refractivity contribution is 0.367. The van der Waals surface area contributed by atoms with Crippen molar-refractivity contribution < 1.29 is 4.52 Å². The molecule has 3 rings (SSSR count). The van der Waals surface area contributed by atoms with E-state index in [-0.39, 0.29) is 0 Å². The van der Waals surface area contributed by atoms with Gasteiger partial charge in [-0.25, -0.2) is 0 Å². The van der Waals surface area contributed by atoms with Crippen LogP contribution in [0.25, 0.3) is 11.5 Å². The van der Waals surface area contributed by atoms with Crippen LogP contribution in [0.15, 0.2) is 25.7 Å². The maximum Gasteiger partial charge on any atom is 0.240 e. The van der Waals surface area contributed by atoms with Crippen molar-refractivity contribution in [2.75, 3.05) is 0 Å². The Kier molecular flexibility index (Phi) is 3.45. The monoisotopic (exact) mass is 372 g/mol. The zero-order valence-electron chi connectivity index (χ0n) is 9.36. The Morgan fingerprint density at radius 3 is 2.94 bits per heavy atom. The molecule has 7 heteroatoms. The number of nitrogens with zero attached hydrogens (tertiary/aromatic N) is 3. The largest absolute Gasteiger partial charge is 0.337 e. The van der Waals surface area contributed by atoms with E-state index in [2.05, 4.69) is 52.3 Å². The highest BCUT2D eigenvalue weighted by Gasteiger charge is 2.21. The molecule has 0 unspecified atom stereocenters. The van der Waals surface area contributed by atoms with E-state index in [1.807, 2.05) is 6.07 Å². The minimum Gasteiger partial charge on any atom is -0.337 e. The molecule has 0 spiro atoms. The molecule has 1 fully saturated rings. The van der Waals surface area contributed by atoms with Crippen LogP contribution in [-0.2, 0) is 6.54 Å². The minimum absolute atomic E-state index is 0.502. The van der Waals surface area contributed by atoms with E-state index in [4.69, 9.17) is 4.52 Å². The Hall–Kier alpha value is -0.790. The second-order valence-corrected chi connectivity index (χ2v) is 5.92. The normalized spacial score (nSPS) is 15.0. The summed E-state index contributed by atoms with van der Waals surface area (Å²) >= 11 is 6.79. The molecule has 2 aromatic heterocycles. The summed E-state index contributed by atoms with van der Waals surface area (Å²) in [5.74, 6) is 1.09. The third kappa shape index (κ3) is 2.78. The molecule has 0 bridgehead atoms. The predicted molar refractivity (Wildman–Crippen MR) is 72.8 cm³/mol. The van der Waals surface area contributed by atoms with E-state index < -0.39 is 0 Å². The molecule has 0 saturated heterocycles. The van der Waals surface area contributed by atoms with Crippen LogP contribution in [0, 0.1) is 0 Å². The Morgan fingerprint density at radius 2 is 2.22 bits per heavy atom. The first kappa shape index (κ1) is 12.3. The number of hydrogen-bond acceptors (Lipinski definition) is 5. The number of rotatable bonds is 4. The molecule has 0 aliphatic heterocycles. The molecule has 1 N–H and O–H groups in total. The third-order valence-corrected chi connectivity index (χ3v) is 3.65. The molecular formula is C11H10Br2N4O. The van der Waals surface area contributed by atoms with Crippen LogP contribution < -0.4 is 5.32 Å². The van der Waals surface area contributed by atoms with Crippen molar-refractivity contribution in [1.29, 1.82) is 0 Å². The quantitative estimate of drug-likeness (QED) is 0.892. The van der Waals surface area contributed by atoms with Crippen LogP contribution in [0.5, 0.6) is 0 Å². The van der Waals surface area contributed by atoms with Crippen LogP contribution in [0.4, 0.5) is 0 Å². The van der Waals surface area contributed by atoms with Crippen LogP contribution in [0.3, 0.4) is 0 Å². The van der Waals surface area contributed by atoms with Gasteiger partial charge in [0.2, 0.25) is 11.7 Å². The van der Waals surface area contributed by atoms with Gasteiger partial charge in [-0.05, 0) is 50.8 Å². The molecule has 1 aliphatic carbocycles. The van der Waals surface area contributed by atoms with Gasteiger partial charge in [0.15, 0.2) is 0 Å². The maximum absolute atomic E-state index is 5.19. The number of aromatic nitrogens is 3. The van der Waals surface area contributed by atoms with E-state index in [9.17, 15) is 0 Å². The molecule has 5 nitrogen and oxygen atoms in total. The molecule has 94 valence electrons. The van der Waals surface area contributed by atoms with E-state index in [1.165, 1.54) is 12.8 Å². The smallest absolute Gasteiger partial charge is 0.240 e. The van der Waals surface area contributed by atoms with E-state index in [1.54, 1.807) is 6.20 Å². The molecular weight excluding hydrogens is 364 g/mol. The summed E-state index contributed by atoms with van der Waals surface area (Å²) < 4.78 is 6.92. The SMILES string of the molecule is Brc1cnc(-c2noc(CNC3CC3)n2)c(Br)c1. The van der Waals surface area contributed by atoms with Crippen molar-refractivity contribution in [2.45, 2.75) is 25.4 Å². The van der Waals surface area contributed by atoms with Crippen LogP contribution in [-0.4, -0.2) is 21.2 Å². The van der Waals surface area contributed by atoms with Gasteiger partial charge >= 0.3 is 0 Å². The summed E-state index contributed by atoms with van der Waals surface area (Å²) in [4.78, 5) is 8.59. The zero-order chi connectivity index (χ0) is 12.5. The molecule has 0 amide bonds. The fourth-order valence-electron chi connectivity index (χ4n) is 1.52. The average molecular weight is 374 g/mol. The third-order valence-electron chi connectivity index (χ3n) is 2.61. The minimum atomic E-state index is 0.502.